The molecular formula is C13H14ClNO5S. The minimum atomic E-state index is -3.09. The lowest BCUT2D eigenvalue weighted by molar-refractivity contribution is -0.116. The zero-order valence-corrected chi connectivity index (χ0v) is 12.7. The van der Waals surface area contributed by atoms with Gasteiger partial charge in [0.15, 0.2) is 21.3 Å². The predicted molar refractivity (Wildman–Crippen MR) is 77.8 cm³/mol. The van der Waals surface area contributed by atoms with Crippen LogP contribution >= 0.6 is 11.6 Å². The van der Waals surface area contributed by atoms with Gasteiger partial charge in [0.2, 0.25) is 12.7 Å². The number of hydrogen-bond donors (Lipinski definition) is 0. The number of anilines is 1. The van der Waals surface area contributed by atoms with Crippen LogP contribution in [0.25, 0.3) is 0 Å². The van der Waals surface area contributed by atoms with Crippen molar-refractivity contribution in [3.05, 3.63) is 18.2 Å². The summed E-state index contributed by atoms with van der Waals surface area (Å²) in [6.07, 6.45) is 0.416. The lowest BCUT2D eigenvalue weighted by atomic mass is 10.1. The molecule has 0 spiro atoms. The summed E-state index contributed by atoms with van der Waals surface area (Å²) in [6, 6.07) is 4.71. The van der Waals surface area contributed by atoms with E-state index in [2.05, 4.69) is 0 Å². The number of sulfone groups is 1. The normalized spacial score (nSPS) is 22.2. The van der Waals surface area contributed by atoms with Gasteiger partial charge in [-0.15, -0.1) is 11.6 Å². The first-order valence-corrected chi connectivity index (χ1v) is 8.84. The van der Waals surface area contributed by atoms with Crippen molar-refractivity contribution >= 4 is 33.0 Å². The van der Waals surface area contributed by atoms with E-state index in [1.54, 1.807) is 18.2 Å². The number of carbonyl (C=O) groups excluding carboxylic acids is 1. The van der Waals surface area contributed by atoms with E-state index in [-0.39, 0.29) is 36.1 Å². The number of hydrogen-bond acceptors (Lipinski definition) is 5. The van der Waals surface area contributed by atoms with Gasteiger partial charge in [0.25, 0.3) is 0 Å². The van der Waals surface area contributed by atoms with Crippen LogP contribution in [0.4, 0.5) is 5.69 Å². The van der Waals surface area contributed by atoms with Gasteiger partial charge in [-0.25, -0.2) is 8.42 Å². The molecule has 0 N–H and O–H groups in total. The second-order valence-electron chi connectivity index (χ2n) is 4.99. The second-order valence-corrected chi connectivity index (χ2v) is 7.49. The zero-order valence-electron chi connectivity index (χ0n) is 11.1. The summed E-state index contributed by atoms with van der Waals surface area (Å²) < 4.78 is 33.8. The first-order chi connectivity index (χ1) is 10.00. The number of carbonyl (C=O) groups is 1. The Morgan fingerprint density at radius 1 is 1.33 bits per heavy atom. The molecule has 1 saturated heterocycles. The fourth-order valence-corrected chi connectivity index (χ4v) is 4.47. The Bertz CT molecular complexity index is 675. The maximum Gasteiger partial charge on any atom is 0.242 e. The Kier molecular flexibility index (Phi) is 3.71. The van der Waals surface area contributed by atoms with Gasteiger partial charge in [-0.2, -0.15) is 0 Å². The van der Waals surface area contributed by atoms with E-state index in [9.17, 15) is 13.2 Å². The molecular weight excluding hydrogens is 318 g/mol. The molecule has 8 heteroatoms. The molecule has 0 aromatic heterocycles. The number of amides is 1. The molecule has 2 aliphatic rings. The summed E-state index contributed by atoms with van der Waals surface area (Å²) in [5.74, 6) is 0.679. The minimum Gasteiger partial charge on any atom is -0.454 e. The van der Waals surface area contributed by atoms with Gasteiger partial charge in [0.05, 0.1) is 17.5 Å². The largest absolute Gasteiger partial charge is 0.454 e. The van der Waals surface area contributed by atoms with Crippen LogP contribution in [0.5, 0.6) is 11.5 Å². The molecule has 6 nitrogen and oxygen atoms in total. The van der Waals surface area contributed by atoms with Crippen LogP contribution < -0.4 is 14.4 Å². The molecule has 114 valence electrons. The Labute approximate surface area is 127 Å². The highest BCUT2D eigenvalue weighted by atomic mass is 35.5. The fourth-order valence-electron chi connectivity index (χ4n) is 2.64. The maximum absolute atomic E-state index is 12.1. The van der Waals surface area contributed by atoms with E-state index in [0.29, 0.717) is 23.6 Å². The highest BCUT2D eigenvalue weighted by molar-refractivity contribution is 7.91. The third-order valence-corrected chi connectivity index (χ3v) is 5.57. The van der Waals surface area contributed by atoms with E-state index in [1.165, 1.54) is 4.90 Å². The maximum atomic E-state index is 12.1. The number of ether oxygens (including phenoxy) is 2. The molecule has 1 amide bonds. The number of alkyl halides is 1. The van der Waals surface area contributed by atoms with Crippen molar-refractivity contribution in [3.8, 4) is 11.5 Å². The highest BCUT2D eigenvalue weighted by Gasteiger charge is 2.35. The molecule has 0 aliphatic carbocycles. The second kappa shape index (κ2) is 5.38. The van der Waals surface area contributed by atoms with Crippen molar-refractivity contribution in [2.75, 3.05) is 29.1 Å². The molecule has 2 heterocycles. The average Bonchev–Trinajstić information content (AvgIpc) is 3.04. The molecule has 1 aromatic carbocycles. The summed E-state index contributed by atoms with van der Waals surface area (Å²) >= 11 is 5.67. The summed E-state index contributed by atoms with van der Waals surface area (Å²) in [6.45, 7) is 0.139. The molecule has 1 atom stereocenters. The molecule has 0 unspecified atom stereocenters. The van der Waals surface area contributed by atoms with Crippen LogP contribution in [0, 0.1) is 0 Å². The van der Waals surface area contributed by atoms with Crippen LogP contribution in [0.3, 0.4) is 0 Å². The number of rotatable bonds is 3. The molecule has 0 saturated carbocycles. The molecule has 1 fully saturated rings. The standard InChI is InChI=1S/C13H14ClNO5S/c14-6-13(16)15(10-3-4-21(17,18)7-10)9-1-2-11-12(5-9)20-8-19-11/h1-2,5,10H,3-4,6-8H2/t10-/m0/s1. The molecule has 21 heavy (non-hydrogen) atoms. The van der Waals surface area contributed by atoms with Gasteiger partial charge in [0.1, 0.15) is 5.88 Å². The van der Waals surface area contributed by atoms with Crippen molar-refractivity contribution in [1.29, 1.82) is 0 Å². The van der Waals surface area contributed by atoms with Crippen molar-refractivity contribution in [3.63, 3.8) is 0 Å². The molecule has 1 aromatic rings. The van der Waals surface area contributed by atoms with Crippen LogP contribution in [0.15, 0.2) is 18.2 Å². The topological polar surface area (TPSA) is 72.9 Å². The van der Waals surface area contributed by atoms with Gasteiger partial charge >= 0.3 is 0 Å². The first-order valence-electron chi connectivity index (χ1n) is 6.48. The summed E-state index contributed by atoms with van der Waals surface area (Å²) in [7, 11) is -3.09. The van der Waals surface area contributed by atoms with E-state index in [0.717, 1.165) is 0 Å². The summed E-state index contributed by atoms with van der Waals surface area (Å²) in [5, 5.41) is 0. The van der Waals surface area contributed by atoms with Gasteiger partial charge in [-0.3, -0.25) is 4.79 Å². The number of benzene rings is 1. The SMILES string of the molecule is O=C(CCl)N(c1ccc2c(c1)OCO2)[C@H]1CCS(=O)(=O)C1. The number of fused-ring (bicyclic) bond motifs is 1. The van der Waals surface area contributed by atoms with E-state index >= 15 is 0 Å². The number of nitrogens with zero attached hydrogens (tertiary/aromatic N) is 1. The Morgan fingerprint density at radius 3 is 2.76 bits per heavy atom. The van der Waals surface area contributed by atoms with Crippen molar-refractivity contribution < 1.29 is 22.7 Å². The van der Waals surface area contributed by atoms with E-state index < -0.39 is 9.84 Å². The van der Waals surface area contributed by atoms with Gasteiger partial charge in [-0.1, -0.05) is 0 Å². The Balaban J connectivity index is 1.94. The van der Waals surface area contributed by atoms with E-state index in [1.807, 2.05) is 0 Å². The van der Waals surface area contributed by atoms with E-state index in [4.69, 9.17) is 21.1 Å². The average molecular weight is 332 g/mol. The smallest absolute Gasteiger partial charge is 0.242 e. The minimum absolute atomic E-state index is 0.0376. The van der Waals surface area contributed by atoms with Crippen molar-refractivity contribution in [2.45, 2.75) is 12.5 Å². The molecule has 0 bridgehead atoms. The summed E-state index contributed by atoms with van der Waals surface area (Å²) in [5.41, 5.74) is 0.576. The third kappa shape index (κ3) is 2.80. The first kappa shape index (κ1) is 14.5. The highest BCUT2D eigenvalue weighted by Crippen LogP contribution is 2.37. The molecule has 0 radical (unpaired) electrons. The lowest BCUT2D eigenvalue weighted by Gasteiger charge is -2.27. The number of halogens is 1. The van der Waals surface area contributed by atoms with Gasteiger partial charge in [-0.05, 0) is 18.6 Å². The lowest BCUT2D eigenvalue weighted by Crippen LogP contribution is -2.42. The predicted octanol–water partition coefficient (Wildman–Crippen LogP) is 1.17. The summed E-state index contributed by atoms with van der Waals surface area (Å²) in [4.78, 5) is 13.6. The van der Waals surface area contributed by atoms with Crippen LogP contribution in [-0.2, 0) is 14.6 Å². The Morgan fingerprint density at radius 2 is 2.10 bits per heavy atom. The monoisotopic (exact) mass is 331 g/mol. The molecule has 3 rings (SSSR count). The van der Waals surface area contributed by atoms with Gasteiger partial charge in [0, 0.05) is 11.8 Å². The fraction of sp³-hybridized carbons (Fsp3) is 0.462. The van der Waals surface area contributed by atoms with Crippen LogP contribution in [0.1, 0.15) is 6.42 Å². The quantitative estimate of drug-likeness (QED) is 0.777. The third-order valence-electron chi connectivity index (χ3n) is 3.59. The van der Waals surface area contributed by atoms with Gasteiger partial charge < -0.3 is 14.4 Å². The van der Waals surface area contributed by atoms with Crippen molar-refractivity contribution in [2.24, 2.45) is 0 Å². The zero-order chi connectivity index (χ0) is 15.0. The van der Waals surface area contributed by atoms with Crippen LogP contribution in [-0.4, -0.2) is 44.5 Å². The van der Waals surface area contributed by atoms with Crippen molar-refractivity contribution in [1.82, 2.24) is 0 Å². The molecule has 2 aliphatic heterocycles. The van der Waals surface area contributed by atoms with Crippen LogP contribution in [0.2, 0.25) is 0 Å². The Hall–Kier alpha value is -1.47.